The van der Waals surface area contributed by atoms with Crippen LogP contribution in [0.3, 0.4) is 0 Å². The van der Waals surface area contributed by atoms with E-state index in [1.165, 1.54) is 0 Å². The summed E-state index contributed by atoms with van der Waals surface area (Å²) in [5, 5.41) is 3.05. The third-order valence-corrected chi connectivity index (χ3v) is 2.09. The third-order valence-electron chi connectivity index (χ3n) is 2.09. The van der Waals surface area contributed by atoms with Gasteiger partial charge in [-0.3, -0.25) is 0 Å². The molecule has 0 fully saturated rings. The molecule has 0 saturated heterocycles. The summed E-state index contributed by atoms with van der Waals surface area (Å²) in [4.78, 5) is 4.15. The highest BCUT2D eigenvalue weighted by atomic mass is 16.4. The molecule has 4 heteroatoms. The molecular formula is C10H12N2O2. The first kappa shape index (κ1) is 9.02. The molecule has 14 heavy (non-hydrogen) atoms. The van der Waals surface area contributed by atoms with Gasteiger partial charge >= 0.3 is 0 Å². The fraction of sp³-hybridized carbons (Fsp3) is 0.300. The van der Waals surface area contributed by atoms with E-state index in [9.17, 15) is 0 Å². The molecule has 1 unspecified atom stereocenters. The van der Waals surface area contributed by atoms with Crippen LogP contribution in [0.1, 0.15) is 18.9 Å². The van der Waals surface area contributed by atoms with Crippen LogP contribution < -0.4 is 5.32 Å². The van der Waals surface area contributed by atoms with Crippen LogP contribution in [0.5, 0.6) is 0 Å². The van der Waals surface area contributed by atoms with Gasteiger partial charge in [0.05, 0.1) is 18.5 Å². The maximum Gasteiger partial charge on any atom is 0.211 e. The van der Waals surface area contributed by atoms with Gasteiger partial charge in [0.25, 0.3) is 0 Å². The Morgan fingerprint density at radius 1 is 1.43 bits per heavy atom. The lowest BCUT2D eigenvalue weighted by Gasteiger charge is -2.02. The van der Waals surface area contributed by atoms with Crippen LogP contribution in [0.25, 0.3) is 11.5 Å². The molecule has 2 rings (SSSR count). The van der Waals surface area contributed by atoms with Gasteiger partial charge in [-0.05, 0) is 26.1 Å². The van der Waals surface area contributed by atoms with Gasteiger partial charge in [-0.25, -0.2) is 4.98 Å². The number of nitrogens with one attached hydrogen (secondary N) is 1. The standard InChI is InChI=1S/C10H12N2O2/c1-7(11-2)10-12-6-9(14-10)8-4-3-5-13-8/h3-7,11H,1-2H3. The topological polar surface area (TPSA) is 51.2 Å². The molecule has 1 atom stereocenters. The lowest BCUT2D eigenvalue weighted by Crippen LogP contribution is -2.12. The van der Waals surface area contributed by atoms with Crippen LogP contribution in [-0.2, 0) is 0 Å². The summed E-state index contributed by atoms with van der Waals surface area (Å²) < 4.78 is 10.7. The van der Waals surface area contributed by atoms with Gasteiger partial charge in [0, 0.05) is 0 Å². The zero-order valence-corrected chi connectivity index (χ0v) is 8.15. The van der Waals surface area contributed by atoms with Crippen molar-refractivity contribution < 1.29 is 8.83 Å². The highest BCUT2D eigenvalue weighted by Gasteiger charge is 2.12. The molecule has 0 spiro atoms. The Labute approximate surface area is 81.9 Å². The van der Waals surface area contributed by atoms with Gasteiger partial charge in [0.2, 0.25) is 5.89 Å². The lowest BCUT2D eigenvalue weighted by molar-refractivity contribution is 0.431. The van der Waals surface area contributed by atoms with Crippen molar-refractivity contribution in [1.29, 1.82) is 0 Å². The molecule has 0 saturated carbocycles. The summed E-state index contributed by atoms with van der Waals surface area (Å²) in [6.45, 7) is 1.98. The van der Waals surface area contributed by atoms with Crippen LogP contribution in [-0.4, -0.2) is 12.0 Å². The summed E-state index contributed by atoms with van der Waals surface area (Å²) in [6.07, 6.45) is 3.28. The second kappa shape index (κ2) is 3.67. The minimum absolute atomic E-state index is 0.110. The third kappa shape index (κ3) is 1.56. The van der Waals surface area contributed by atoms with E-state index in [-0.39, 0.29) is 6.04 Å². The maximum atomic E-state index is 5.51. The van der Waals surface area contributed by atoms with Gasteiger partial charge in [0.15, 0.2) is 11.5 Å². The highest BCUT2D eigenvalue weighted by molar-refractivity contribution is 5.47. The lowest BCUT2D eigenvalue weighted by atomic mass is 10.3. The SMILES string of the molecule is CNC(C)c1ncc(-c2ccco2)o1. The van der Waals surface area contributed by atoms with Crippen molar-refractivity contribution in [3.8, 4) is 11.5 Å². The fourth-order valence-electron chi connectivity index (χ4n) is 1.14. The summed E-state index contributed by atoms with van der Waals surface area (Å²) in [5.41, 5.74) is 0. The maximum absolute atomic E-state index is 5.51. The molecule has 2 aromatic rings. The van der Waals surface area contributed by atoms with Crippen LogP contribution in [0.15, 0.2) is 33.4 Å². The molecule has 2 heterocycles. The zero-order chi connectivity index (χ0) is 9.97. The van der Waals surface area contributed by atoms with Crippen LogP contribution >= 0.6 is 0 Å². The van der Waals surface area contributed by atoms with Crippen molar-refractivity contribution in [1.82, 2.24) is 10.3 Å². The first-order valence-corrected chi connectivity index (χ1v) is 4.48. The molecule has 0 radical (unpaired) electrons. The Kier molecular flexibility index (Phi) is 2.37. The van der Waals surface area contributed by atoms with E-state index in [4.69, 9.17) is 8.83 Å². The Hall–Kier alpha value is -1.55. The average molecular weight is 192 g/mol. The second-order valence-corrected chi connectivity index (χ2v) is 3.05. The molecule has 74 valence electrons. The number of aromatic nitrogens is 1. The van der Waals surface area contributed by atoms with Crippen LogP contribution in [0, 0.1) is 0 Å². The van der Waals surface area contributed by atoms with Crippen molar-refractivity contribution >= 4 is 0 Å². The normalized spacial score (nSPS) is 13.0. The quantitative estimate of drug-likeness (QED) is 0.810. The molecule has 0 aliphatic rings. The number of hydrogen-bond donors (Lipinski definition) is 1. The Bertz CT molecular complexity index is 392. The van der Waals surface area contributed by atoms with Crippen LogP contribution in [0.4, 0.5) is 0 Å². The van der Waals surface area contributed by atoms with Crippen molar-refractivity contribution in [2.75, 3.05) is 7.05 Å². The Morgan fingerprint density at radius 3 is 2.93 bits per heavy atom. The number of hydrogen-bond acceptors (Lipinski definition) is 4. The number of oxazole rings is 1. The second-order valence-electron chi connectivity index (χ2n) is 3.05. The number of rotatable bonds is 3. The Balaban J connectivity index is 2.26. The highest BCUT2D eigenvalue weighted by Crippen LogP contribution is 2.22. The average Bonchev–Trinajstić information content (AvgIpc) is 2.86. The first-order chi connectivity index (χ1) is 6.81. The molecule has 0 aliphatic heterocycles. The van der Waals surface area contributed by atoms with Gasteiger partial charge in [-0.1, -0.05) is 0 Å². The summed E-state index contributed by atoms with van der Waals surface area (Å²) in [6, 6.07) is 3.77. The minimum atomic E-state index is 0.110. The van der Waals surface area contributed by atoms with Crippen molar-refractivity contribution in [3.05, 3.63) is 30.5 Å². The molecular weight excluding hydrogens is 180 g/mol. The van der Waals surface area contributed by atoms with E-state index in [0.717, 1.165) is 0 Å². The summed E-state index contributed by atoms with van der Waals surface area (Å²) in [7, 11) is 1.86. The molecule has 0 aliphatic carbocycles. The summed E-state index contributed by atoms with van der Waals surface area (Å²) >= 11 is 0. The largest absolute Gasteiger partial charge is 0.461 e. The molecule has 0 bridgehead atoms. The van der Waals surface area contributed by atoms with E-state index in [0.29, 0.717) is 17.4 Å². The van der Waals surface area contributed by atoms with Gasteiger partial charge in [-0.15, -0.1) is 0 Å². The van der Waals surface area contributed by atoms with E-state index in [2.05, 4.69) is 10.3 Å². The molecule has 0 amide bonds. The van der Waals surface area contributed by atoms with E-state index < -0.39 is 0 Å². The van der Waals surface area contributed by atoms with Gasteiger partial charge in [-0.2, -0.15) is 0 Å². The van der Waals surface area contributed by atoms with Crippen molar-refractivity contribution in [3.63, 3.8) is 0 Å². The fourth-order valence-corrected chi connectivity index (χ4v) is 1.14. The molecule has 4 nitrogen and oxygen atoms in total. The van der Waals surface area contributed by atoms with E-state index >= 15 is 0 Å². The minimum Gasteiger partial charge on any atom is -0.461 e. The van der Waals surface area contributed by atoms with Gasteiger partial charge in [0.1, 0.15) is 0 Å². The first-order valence-electron chi connectivity index (χ1n) is 4.48. The smallest absolute Gasteiger partial charge is 0.211 e. The molecule has 1 N–H and O–H groups in total. The zero-order valence-electron chi connectivity index (χ0n) is 8.15. The number of nitrogens with zero attached hydrogens (tertiary/aromatic N) is 1. The van der Waals surface area contributed by atoms with E-state index in [1.54, 1.807) is 12.5 Å². The van der Waals surface area contributed by atoms with Crippen molar-refractivity contribution in [2.24, 2.45) is 0 Å². The molecule has 2 aromatic heterocycles. The number of furan rings is 1. The monoisotopic (exact) mass is 192 g/mol. The Morgan fingerprint density at radius 2 is 2.29 bits per heavy atom. The van der Waals surface area contributed by atoms with Crippen LogP contribution in [0.2, 0.25) is 0 Å². The van der Waals surface area contributed by atoms with Crippen molar-refractivity contribution in [2.45, 2.75) is 13.0 Å². The van der Waals surface area contributed by atoms with E-state index in [1.807, 2.05) is 26.1 Å². The summed E-state index contributed by atoms with van der Waals surface area (Å²) in [5.74, 6) is 2.03. The molecule has 0 aromatic carbocycles. The van der Waals surface area contributed by atoms with Gasteiger partial charge < -0.3 is 14.2 Å². The predicted molar refractivity (Wildman–Crippen MR) is 51.7 cm³/mol. The predicted octanol–water partition coefficient (Wildman–Crippen LogP) is 2.21.